The maximum Gasteiger partial charge on any atom is 0.256 e. The zero-order chi connectivity index (χ0) is 22.8. The molecule has 1 saturated carbocycles. The van der Waals surface area contributed by atoms with Gasteiger partial charge in [-0.25, -0.2) is 0 Å². The average Bonchev–Trinajstić information content (AvgIpc) is 3.71. The second-order valence-corrected chi connectivity index (χ2v) is 9.46. The van der Waals surface area contributed by atoms with Crippen molar-refractivity contribution in [1.29, 1.82) is 0 Å². The van der Waals surface area contributed by atoms with Crippen molar-refractivity contribution in [2.75, 3.05) is 11.6 Å². The molecule has 0 spiro atoms. The van der Waals surface area contributed by atoms with Crippen LogP contribution in [-0.2, 0) is 0 Å². The van der Waals surface area contributed by atoms with Gasteiger partial charge in [0, 0.05) is 27.9 Å². The van der Waals surface area contributed by atoms with Crippen molar-refractivity contribution in [2.45, 2.75) is 23.7 Å². The fourth-order valence-corrected chi connectivity index (χ4v) is 4.61. The summed E-state index contributed by atoms with van der Waals surface area (Å²) < 4.78 is 0. The molecular weight excluding hydrogens is 448 g/mol. The first kappa shape index (κ1) is 21.7. The van der Waals surface area contributed by atoms with E-state index >= 15 is 0 Å². The summed E-state index contributed by atoms with van der Waals surface area (Å²) in [5.74, 6) is 0.552. The van der Waals surface area contributed by atoms with Crippen molar-refractivity contribution in [3.63, 3.8) is 0 Å². The van der Waals surface area contributed by atoms with E-state index in [2.05, 4.69) is 40.6 Å². The highest BCUT2D eigenvalue weighted by Crippen LogP contribution is 2.41. The number of nitrogens with one attached hydrogen (secondary N) is 1. The SMILES string of the molecule is CSc1ccc(C(=O)Nc2ccc(Cl)c(-c3ccccn3)c2)c(-c2ccc(C3CC3)cc2)c1. The number of hydrogen-bond acceptors (Lipinski definition) is 3. The molecule has 33 heavy (non-hydrogen) atoms. The lowest BCUT2D eigenvalue weighted by atomic mass is 9.97. The molecule has 5 heteroatoms. The summed E-state index contributed by atoms with van der Waals surface area (Å²) in [6, 6.07) is 25.8. The Morgan fingerprint density at radius 2 is 1.79 bits per heavy atom. The van der Waals surface area contributed by atoms with Crippen LogP contribution in [-0.4, -0.2) is 17.1 Å². The van der Waals surface area contributed by atoms with Crippen LogP contribution < -0.4 is 5.32 Å². The Hall–Kier alpha value is -3.08. The molecule has 1 fully saturated rings. The number of hydrogen-bond donors (Lipinski definition) is 1. The summed E-state index contributed by atoms with van der Waals surface area (Å²) in [6.07, 6.45) is 6.32. The van der Waals surface area contributed by atoms with Gasteiger partial charge in [0.05, 0.1) is 10.7 Å². The van der Waals surface area contributed by atoms with E-state index < -0.39 is 0 Å². The summed E-state index contributed by atoms with van der Waals surface area (Å²) in [4.78, 5) is 18.9. The van der Waals surface area contributed by atoms with Crippen molar-refractivity contribution in [2.24, 2.45) is 0 Å². The third-order valence-corrected chi connectivity index (χ3v) is 6.96. The zero-order valence-corrected chi connectivity index (χ0v) is 19.8. The Morgan fingerprint density at radius 3 is 2.48 bits per heavy atom. The van der Waals surface area contributed by atoms with Crippen LogP contribution in [0.1, 0.15) is 34.7 Å². The van der Waals surface area contributed by atoms with Gasteiger partial charge in [-0.05, 0) is 90.2 Å². The predicted octanol–water partition coefficient (Wildman–Crippen LogP) is 7.92. The molecular formula is C28H23ClN2OS. The lowest BCUT2D eigenvalue weighted by Gasteiger charge is -2.14. The Morgan fingerprint density at radius 1 is 0.970 bits per heavy atom. The number of halogens is 1. The van der Waals surface area contributed by atoms with Gasteiger partial charge in [0.25, 0.3) is 5.91 Å². The molecule has 164 valence electrons. The first-order valence-electron chi connectivity index (χ1n) is 10.9. The average molecular weight is 471 g/mol. The van der Waals surface area contributed by atoms with E-state index in [0.717, 1.165) is 27.3 Å². The van der Waals surface area contributed by atoms with E-state index in [9.17, 15) is 4.79 Å². The van der Waals surface area contributed by atoms with Crippen LogP contribution in [0.15, 0.2) is 90.0 Å². The lowest BCUT2D eigenvalue weighted by molar-refractivity contribution is 0.102. The molecule has 1 amide bonds. The van der Waals surface area contributed by atoms with Crippen LogP contribution in [0, 0.1) is 0 Å². The molecule has 0 atom stereocenters. The van der Waals surface area contributed by atoms with Crippen LogP contribution in [0.3, 0.4) is 0 Å². The van der Waals surface area contributed by atoms with Crippen molar-refractivity contribution in [1.82, 2.24) is 4.98 Å². The van der Waals surface area contributed by atoms with Gasteiger partial charge in [0.2, 0.25) is 0 Å². The molecule has 3 aromatic carbocycles. The van der Waals surface area contributed by atoms with Gasteiger partial charge < -0.3 is 5.32 Å². The number of rotatable bonds is 6. The highest BCUT2D eigenvalue weighted by atomic mass is 35.5. The molecule has 0 unspecified atom stereocenters. The second-order valence-electron chi connectivity index (χ2n) is 8.17. The van der Waals surface area contributed by atoms with E-state index in [0.29, 0.717) is 22.2 Å². The van der Waals surface area contributed by atoms with Gasteiger partial charge in [0.15, 0.2) is 0 Å². The number of benzene rings is 3. The molecule has 1 aromatic heterocycles. The lowest BCUT2D eigenvalue weighted by Crippen LogP contribution is -2.13. The minimum absolute atomic E-state index is 0.154. The highest BCUT2D eigenvalue weighted by molar-refractivity contribution is 7.98. The number of anilines is 1. The molecule has 1 aliphatic carbocycles. The predicted molar refractivity (Wildman–Crippen MR) is 138 cm³/mol. The summed E-state index contributed by atoms with van der Waals surface area (Å²) in [6.45, 7) is 0. The Balaban J connectivity index is 1.46. The smallest absolute Gasteiger partial charge is 0.256 e. The standard InChI is InChI=1S/C28H23ClN2OS/c1-33-22-12-13-23(24(17-22)20-9-7-19(8-10-20)18-5-6-18)28(32)31-21-11-14-26(29)25(16-21)27-4-2-3-15-30-27/h2-4,7-18H,5-6H2,1H3,(H,31,32). The number of pyridine rings is 1. The number of amides is 1. The van der Waals surface area contributed by atoms with Crippen molar-refractivity contribution in [3.8, 4) is 22.4 Å². The van der Waals surface area contributed by atoms with E-state index in [1.54, 1.807) is 24.0 Å². The number of aromatic nitrogens is 1. The quantitative estimate of drug-likeness (QED) is 0.291. The van der Waals surface area contributed by atoms with Gasteiger partial charge >= 0.3 is 0 Å². The van der Waals surface area contributed by atoms with Gasteiger partial charge in [-0.1, -0.05) is 41.9 Å². The normalized spacial score (nSPS) is 13.0. The van der Waals surface area contributed by atoms with E-state index in [4.69, 9.17) is 11.6 Å². The number of carbonyl (C=O) groups is 1. The molecule has 1 heterocycles. The molecule has 0 aliphatic heterocycles. The minimum Gasteiger partial charge on any atom is -0.322 e. The fraction of sp³-hybridized carbons (Fsp3) is 0.143. The van der Waals surface area contributed by atoms with E-state index in [-0.39, 0.29) is 5.91 Å². The van der Waals surface area contributed by atoms with Crippen molar-refractivity contribution >= 4 is 35.0 Å². The third kappa shape index (κ3) is 4.82. The van der Waals surface area contributed by atoms with Gasteiger partial charge in [0.1, 0.15) is 0 Å². The van der Waals surface area contributed by atoms with Crippen LogP contribution in [0.2, 0.25) is 5.02 Å². The molecule has 0 radical (unpaired) electrons. The van der Waals surface area contributed by atoms with Crippen LogP contribution >= 0.6 is 23.4 Å². The zero-order valence-electron chi connectivity index (χ0n) is 18.2. The minimum atomic E-state index is -0.154. The Kier molecular flexibility index (Phi) is 6.21. The van der Waals surface area contributed by atoms with Crippen LogP contribution in [0.25, 0.3) is 22.4 Å². The molecule has 0 bridgehead atoms. The largest absolute Gasteiger partial charge is 0.322 e. The van der Waals surface area contributed by atoms with Crippen LogP contribution in [0.4, 0.5) is 5.69 Å². The summed E-state index contributed by atoms with van der Waals surface area (Å²) in [7, 11) is 0. The topological polar surface area (TPSA) is 42.0 Å². The fourth-order valence-electron chi connectivity index (χ4n) is 3.96. The van der Waals surface area contributed by atoms with Crippen molar-refractivity contribution < 1.29 is 4.79 Å². The van der Waals surface area contributed by atoms with Gasteiger partial charge in [-0.3, -0.25) is 9.78 Å². The first-order valence-corrected chi connectivity index (χ1v) is 12.5. The molecule has 1 aliphatic rings. The van der Waals surface area contributed by atoms with Gasteiger partial charge in [-0.2, -0.15) is 0 Å². The van der Waals surface area contributed by atoms with Gasteiger partial charge in [-0.15, -0.1) is 11.8 Å². The number of nitrogens with zero attached hydrogens (tertiary/aromatic N) is 1. The van der Waals surface area contributed by atoms with E-state index in [1.165, 1.54) is 18.4 Å². The summed E-state index contributed by atoms with van der Waals surface area (Å²) >= 11 is 8.08. The second kappa shape index (κ2) is 9.42. The number of carbonyl (C=O) groups excluding carboxylic acids is 1. The summed E-state index contributed by atoms with van der Waals surface area (Å²) in [5, 5.41) is 3.64. The van der Waals surface area contributed by atoms with E-state index in [1.807, 2.05) is 48.7 Å². The maximum absolute atomic E-state index is 13.4. The Bertz CT molecular complexity index is 1300. The molecule has 1 N–H and O–H groups in total. The monoisotopic (exact) mass is 470 g/mol. The van der Waals surface area contributed by atoms with Crippen LogP contribution in [0.5, 0.6) is 0 Å². The Labute approximate surface area is 203 Å². The number of thioether (sulfide) groups is 1. The third-order valence-electron chi connectivity index (χ3n) is 5.91. The molecule has 0 saturated heterocycles. The molecule has 4 aromatic rings. The van der Waals surface area contributed by atoms with Crippen molar-refractivity contribution in [3.05, 3.63) is 101 Å². The first-order chi connectivity index (χ1) is 16.1. The molecule has 5 rings (SSSR count). The molecule has 3 nitrogen and oxygen atoms in total. The summed E-state index contributed by atoms with van der Waals surface area (Å²) in [5.41, 5.74) is 6.22. The maximum atomic E-state index is 13.4. The highest BCUT2D eigenvalue weighted by Gasteiger charge is 2.23.